The van der Waals surface area contributed by atoms with Gasteiger partial charge in [-0.2, -0.15) is 0 Å². The first-order valence-electron chi connectivity index (χ1n) is 9.84. The van der Waals surface area contributed by atoms with Crippen LogP contribution in [0.3, 0.4) is 0 Å². The van der Waals surface area contributed by atoms with E-state index in [1.54, 1.807) is 11.3 Å². The van der Waals surface area contributed by atoms with E-state index in [9.17, 15) is 4.79 Å². The van der Waals surface area contributed by atoms with Crippen LogP contribution in [0.25, 0.3) is 27.3 Å². The second-order valence-corrected chi connectivity index (χ2v) is 8.84. The summed E-state index contributed by atoms with van der Waals surface area (Å²) in [4.78, 5) is 23.1. The van der Waals surface area contributed by atoms with E-state index in [1.807, 2.05) is 0 Å². The summed E-state index contributed by atoms with van der Waals surface area (Å²) in [7, 11) is 0. The summed E-state index contributed by atoms with van der Waals surface area (Å²) in [6.07, 6.45) is 4.45. The van der Waals surface area contributed by atoms with Crippen LogP contribution in [0.1, 0.15) is 40.2 Å². The van der Waals surface area contributed by atoms with Crippen LogP contribution in [-0.2, 0) is 12.8 Å². The van der Waals surface area contributed by atoms with Gasteiger partial charge in [-0.25, -0.2) is 4.98 Å². The van der Waals surface area contributed by atoms with Crippen molar-refractivity contribution in [3.63, 3.8) is 0 Å². The van der Waals surface area contributed by atoms with Crippen molar-refractivity contribution in [1.82, 2.24) is 14.5 Å². The second-order valence-electron chi connectivity index (χ2n) is 7.76. The minimum Gasteiger partial charge on any atom is -0.318 e. The third-order valence-corrected chi connectivity index (χ3v) is 6.99. The summed E-state index contributed by atoms with van der Waals surface area (Å²) in [5.74, 6) is 0.669. The molecule has 3 aromatic heterocycles. The Balaban J connectivity index is 1.68. The maximum absolute atomic E-state index is 12.9. The number of aryl methyl sites for hydroxylation is 4. The van der Waals surface area contributed by atoms with E-state index < -0.39 is 0 Å². The topological polar surface area (TPSA) is 50.7 Å². The van der Waals surface area contributed by atoms with Gasteiger partial charge in [-0.1, -0.05) is 17.7 Å². The fourth-order valence-electron chi connectivity index (χ4n) is 4.39. The molecule has 0 spiro atoms. The van der Waals surface area contributed by atoms with Gasteiger partial charge >= 0.3 is 0 Å². The maximum Gasteiger partial charge on any atom is 0.260 e. The number of thiophene rings is 1. The summed E-state index contributed by atoms with van der Waals surface area (Å²) < 4.78 is 2.22. The third-order valence-electron chi connectivity index (χ3n) is 5.80. The average Bonchev–Trinajstić information content (AvgIpc) is 3.20. The first-order valence-corrected chi connectivity index (χ1v) is 10.7. The van der Waals surface area contributed by atoms with Crippen LogP contribution in [0.4, 0.5) is 0 Å². The van der Waals surface area contributed by atoms with Crippen LogP contribution >= 0.6 is 11.3 Å². The van der Waals surface area contributed by atoms with Gasteiger partial charge in [0.25, 0.3) is 5.56 Å². The highest BCUT2D eigenvalue weighted by atomic mass is 32.1. The maximum atomic E-state index is 12.9. The van der Waals surface area contributed by atoms with Crippen LogP contribution < -0.4 is 5.56 Å². The molecule has 4 nitrogen and oxygen atoms in total. The number of nitrogens with zero attached hydrogens (tertiary/aromatic N) is 2. The van der Waals surface area contributed by atoms with Crippen LogP contribution in [-0.4, -0.2) is 14.5 Å². The number of aromatic amines is 1. The lowest BCUT2D eigenvalue weighted by Gasteiger charge is -2.10. The molecule has 0 saturated heterocycles. The van der Waals surface area contributed by atoms with E-state index in [4.69, 9.17) is 4.98 Å². The Morgan fingerprint density at radius 3 is 2.61 bits per heavy atom. The Bertz CT molecular complexity index is 1260. The smallest absolute Gasteiger partial charge is 0.260 e. The van der Waals surface area contributed by atoms with Crippen LogP contribution in [0.2, 0.25) is 0 Å². The molecule has 1 aliphatic rings. The Hall–Kier alpha value is -2.66. The van der Waals surface area contributed by atoms with Gasteiger partial charge in [-0.05, 0) is 70.2 Å². The predicted octanol–water partition coefficient (Wildman–Crippen LogP) is 5.25. The molecule has 1 aliphatic carbocycles. The van der Waals surface area contributed by atoms with Gasteiger partial charge in [0.1, 0.15) is 10.7 Å². The van der Waals surface area contributed by atoms with E-state index in [-0.39, 0.29) is 5.56 Å². The summed E-state index contributed by atoms with van der Waals surface area (Å²) in [6, 6.07) is 10.6. The van der Waals surface area contributed by atoms with Crippen molar-refractivity contribution < 1.29 is 0 Å². The largest absolute Gasteiger partial charge is 0.318 e. The van der Waals surface area contributed by atoms with Gasteiger partial charge < -0.3 is 9.55 Å². The van der Waals surface area contributed by atoms with E-state index >= 15 is 0 Å². The lowest BCUT2D eigenvalue weighted by atomic mass is 9.97. The quantitative estimate of drug-likeness (QED) is 0.509. The summed E-state index contributed by atoms with van der Waals surface area (Å²) >= 11 is 1.70. The Morgan fingerprint density at radius 2 is 1.82 bits per heavy atom. The van der Waals surface area contributed by atoms with Crippen molar-refractivity contribution in [2.24, 2.45) is 0 Å². The molecule has 28 heavy (non-hydrogen) atoms. The minimum absolute atomic E-state index is 0.000427. The number of benzene rings is 1. The van der Waals surface area contributed by atoms with Crippen LogP contribution in [0.5, 0.6) is 0 Å². The van der Waals surface area contributed by atoms with Crippen LogP contribution in [0, 0.1) is 20.8 Å². The third kappa shape index (κ3) is 2.65. The number of hydrogen-bond donors (Lipinski definition) is 1. The zero-order chi connectivity index (χ0) is 19.4. The van der Waals surface area contributed by atoms with Crippen molar-refractivity contribution in [2.75, 3.05) is 0 Å². The first-order chi connectivity index (χ1) is 13.5. The number of aromatic nitrogens is 3. The molecular weight excluding hydrogens is 366 g/mol. The number of fused-ring (bicyclic) bond motifs is 3. The normalized spacial score (nSPS) is 13.8. The monoisotopic (exact) mass is 389 g/mol. The highest BCUT2D eigenvalue weighted by Gasteiger charge is 2.21. The molecule has 0 radical (unpaired) electrons. The van der Waals surface area contributed by atoms with Gasteiger partial charge in [-0.15, -0.1) is 11.3 Å². The van der Waals surface area contributed by atoms with Crippen molar-refractivity contribution in [3.8, 4) is 17.1 Å². The molecule has 3 heterocycles. The first kappa shape index (κ1) is 17.4. The molecule has 0 aliphatic heterocycles. The summed E-state index contributed by atoms with van der Waals surface area (Å²) in [5, 5.41) is 0.816. The SMILES string of the molecule is Cc1ccc(-n2c(C)cc(-c3nc4sc5c(c4c(=O)[nH]3)CCCC5)c2C)cc1. The fraction of sp³-hybridized carbons (Fsp3) is 0.304. The van der Waals surface area contributed by atoms with Gasteiger partial charge in [0.15, 0.2) is 0 Å². The molecule has 5 heteroatoms. The summed E-state index contributed by atoms with van der Waals surface area (Å²) in [6.45, 7) is 6.28. The zero-order valence-corrected chi connectivity index (χ0v) is 17.2. The number of H-pyrrole nitrogens is 1. The molecular formula is C23H23N3OS. The van der Waals surface area contributed by atoms with Crippen LogP contribution in [0.15, 0.2) is 35.1 Å². The van der Waals surface area contributed by atoms with Gasteiger partial charge in [0.2, 0.25) is 0 Å². The molecule has 4 aromatic rings. The Morgan fingerprint density at radius 1 is 1.07 bits per heavy atom. The molecule has 0 saturated carbocycles. The molecule has 0 bridgehead atoms. The summed E-state index contributed by atoms with van der Waals surface area (Å²) in [5.41, 5.74) is 6.81. The van der Waals surface area contributed by atoms with Gasteiger partial charge in [0, 0.05) is 27.5 Å². The number of nitrogens with one attached hydrogen (secondary N) is 1. The standard InChI is InChI=1S/C23H23N3OS/c1-13-8-10-16(11-9-13)26-14(2)12-18(15(26)3)21-24-22(27)20-17-6-4-5-7-19(17)28-23(20)25-21/h8-12H,4-7H2,1-3H3,(H,24,25,27). The molecule has 0 atom stereocenters. The van der Waals surface area contributed by atoms with E-state index in [0.29, 0.717) is 5.82 Å². The lowest BCUT2D eigenvalue weighted by Crippen LogP contribution is -2.11. The zero-order valence-electron chi connectivity index (χ0n) is 16.4. The van der Waals surface area contributed by atoms with E-state index in [0.717, 1.165) is 52.1 Å². The van der Waals surface area contributed by atoms with Crippen molar-refractivity contribution >= 4 is 21.6 Å². The van der Waals surface area contributed by atoms with Gasteiger partial charge in [0.05, 0.1) is 5.39 Å². The van der Waals surface area contributed by atoms with Crippen molar-refractivity contribution in [1.29, 1.82) is 0 Å². The molecule has 5 rings (SSSR count). The fourth-order valence-corrected chi connectivity index (χ4v) is 5.65. The molecule has 1 aromatic carbocycles. The average molecular weight is 390 g/mol. The molecule has 0 unspecified atom stereocenters. The molecule has 0 fully saturated rings. The van der Waals surface area contributed by atoms with Crippen molar-refractivity contribution in [2.45, 2.75) is 46.5 Å². The molecule has 0 amide bonds. The van der Waals surface area contributed by atoms with Gasteiger partial charge in [-0.3, -0.25) is 4.79 Å². The number of rotatable bonds is 2. The Kier molecular flexibility index (Phi) is 4.02. The minimum atomic E-state index is -0.000427. The lowest BCUT2D eigenvalue weighted by molar-refractivity contribution is 0.700. The second kappa shape index (κ2) is 6.45. The Labute approximate surface area is 167 Å². The molecule has 1 N–H and O–H groups in total. The van der Waals surface area contributed by atoms with Crippen molar-refractivity contribution in [3.05, 3.63) is 68.1 Å². The molecule has 142 valence electrons. The highest BCUT2D eigenvalue weighted by molar-refractivity contribution is 7.18. The van der Waals surface area contributed by atoms with E-state index in [1.165, 1.54) is 22.4 Å². The van der Waals surface area contributed by atoms with E-state index in [2.05, 4.69) is 60.7 Å². The highest BCUT2D eigenvalue weighted by Crippen LogP contribution is 2.35. The number of hydrogen-bond acceptors (Lipinski definition) is 3. The predicted molar refractivity (Wildman–Crippen MR) is 116 cm³/mol.